The minimum Gasteiger partial charge on any atom is -0.292 e. The van der Waals surface area contributed by atoms with Crippen LogP contribution in [0, 0.1) is 0 Å². The van der Waals surface area contributed by atoms with Crippen molar-refractivity contribution in [3.63, 3.8) is 0 Å². The fourth-order valence-corrected chi connectivity index (χ4v) is 1.76. The number of carbonyl (C=O) groups excluding carboxylic acids is 1. The maximum absolute atomic E-state index is 11.2. The lowest BCUT2D eigenvalue weighted by Crippen LogP contribution is -1.97. The van der Waals surface area contributed by atoms with Crippen molar-refractivity contribution in [2.75, 3.05) is 5.88 Å². The first-order valence-corrected chi connectivity index (χ1v) is 5.23. The Labute approximate surface area is 84.5 Å². The van der Waals surface area contributed by atoms with Crippen LogP contribution in [0.4, 0.5) is 0 Å². The van der Waals surface area contributed by atoms with Crippen LogP contribution in [0.5, 0.6) is 0 Å². The molecule has 2 nitrogen and oxygen atoms in total. The normalized spacial score (nSPS) is 10.2. The molecule has 0 aliphatic carbocycles. The third kappa shape index (κ3) is 2.73. The molecule has 0 atom stereocenters. The lowest BCUT2D eigenvalue weighted by Gasteiger charge is -1.91. The summed E-state index contributed by atoms with van der Waals surface area (Å²) in [6, 6.07) is 0. The lowest BCUT2D eigenvalue weighted by molar-refractivity contribution is 0.0981. The molecule has 0 radical (unpaired) electrons. The van der Waals surface area contributed by atoms with Crippen molar-refractivity contribution in [3.8, 4) is 0 Å². The third-order valence-corrected chi connectivity index (χ3v) is 2.73. The number of hydrogen-bond donors (Lipinski definition) is 0. The van der Waals surface area contributed by atoms with Crippen LogP contribution < -0.4 is 0 Å². The highest BCUT2D eigenvalue weighted by Crippen LogP contribution is 2.16. The molecule has 0 aromatic carbocycles. The van der Waals surface area contributed by atoms with Crippen molar-refractivity contribution in [1.82, 2.24) is 4.98 Å². The standard InChI is InChI=1S/C7H7Cl2NOS/c8-3-1-2-5(11)7-10-6(9)4-12-7/h4H,1-3H2. The van der Waals surface area contributed by atoms with Gasteiger partial charge in [0.05, 0.1) is 0 Å². The summed E-state index contributed by atoms with van der Waals surface area (Å²) >= 11 is 12.3. The van der Waals surface area contributed by atoms with Gasteiger partial charge >= 0.3 is 0 Å². The van der Waals surface area contributed by atoms with Crippen molar-refractivity contribution < 1.29 is 4.79 Å². The summed E-state index contributed by atoms with van der Waals surface area (Å²) in [5.41, 5.74) is 0. The number of halogens is 2. The van der Waals surface area contributed by atoms with E-state index in [0.29, 0.717) is 28.9 Å². The van der Waals surface area contributed by atoms with Gasteiger partial charge in [0.15, 0.2) is 10.8 Å². The van der Waals surface area contributed by atoms with Crippen molar-refractivity contribution in [1.29, 1.82) is 0 Å². The van der Waals surface area contributed by atoms with Crippen molar-refractivity contribution >= 4 is 40.3 Å². The Morgan fingerprint density at radius 2 is 2.42 bits per heavy atom. The number of ketones is 1. The zero-order chi connectivity index (χ0) is 8.97. The molecule has 1 aromatic rings. The molecule has 0 fully saturated rings. The molecule has 66 valence electrons. The van der Waals surface area contributed by atoms with E-state index in [2.05, 4.69) is 4.98 Å². The summed E-state index contributed by atoms with van der Waals surface area (Å²) in [5.74, 6) is 0.526. The number of alkyl halides is 1. The highest BCUT2D eigenvalue weighted by atomic mass is 35.5. The molecular weight excluding hydrogens is 217 g/mol. The largest absolute Gasteiger partial charge is 0.292 e. The Morgan fingerprint density at radius 1 is 1.67 bits per heavy atom. The fourth-order valence-electron chi connectivity index (χ4n) is 0.717. The second kappa shape index (κ2) is 4.80. The maximum Gasteiger partial charge on any atom is 0.191 e. The van der Waals surface area contributed by atoms with E-state index in [0.717, 1.165) is 0 Å². The number of hydrogen-bond acceptors (Lipinski definition) is 3. The molecule has 5 heteroatoms. The summed E-state index contributed by atoms with van der Waals surface area (Å²) < 4.78 is 0. The second-order valence-corrected chi connectivity index (χ2v) is 3.81. The number of aromatic nitrogens is 1. The van der Waals surface area contributed by atoms with Gasteiger partial charge in [-0.3, -0.25) is 4.79 Å². The van der Waals surface area contributed by atoms with Gasteiger partial charge in [0.2, 0.25) is 0 Å². The zero-order valence-electron chi connectivity index (χ0n) is 6.22. The predicted molar refractivity (Wildman–Crippen MR) is 51.4 cm³/mol. The first kappa shape index (κ1) is 9.96. The third-order valence-electron chi connectivity index (χ3n) is 1.25. The van der Waals surface area contributed by atoms with Crippen LogP contribution >= 0.6 is 34.5 Å². The van der Waals surface area contributed by atoms with Gasteiger partial charge in [-0.05, 0) is 6.42 Å². The SMILES string of the molecule is O=C(CCCCl)c1nc(Cl)cs1. The number of nitrogens with zero attached hydrogens (tertiary/aromatic N) is 1. The van der Waals surface area contributed by atoms with E-state index < -0.39 is 0 Å². The van der Waals surface area contributed by atoms with Gasteiger partial charge in [0.25, 0.3) is 0 Å². The first-order chi connectivity index (χ1) is 5.74. The molecule has 0 amide bonds. The van der Waals surface area contributed by atoms with E-state index in [1.54, 1.807) is 5.38 Å². The minimum atomic E-state index is 0.0209. The average Bonchev–Trinajstić information content (AvgIpc) is 2.47. The molecule has 1 heterocycles. The molecule has 0 saturated heterocycles. The number of Topliss-reactive ketones (excluding diaryl/α,β-unsaturated/α-hetero) is 1. The Bertz CT molecular complexity index is 274. The van der Waals surface area contributed by atoms with Crippen molar-refractivity contribution in [2.45, 2.75) is 12.8 Å². The Balaban J connectivity index is 2.53. The Kier molecular flexibility index (Phi) is 3.98. The van der Waals surface area contributed by atoms with Crippen LogP contribution in [0.25, 0.3) is 0 Å². The van der Waals surface area contributed by atoms with Gasteiger partial charge in [0.1, 0.15) is 5.15 Å². The molecule has 0 unspecified atom stereocenters. The molecule has 1 rings (SSSR count). The van der Waals surface area contributed by atoms with Crippen LogP contribution in [0.15, 0.2) is 5.38 Å². The maximum atomic E-state index is 11.2. The minimum absolute atomic E-state index is 0.0209. The molecular formula is C7H7Cl2NOS. The van der Waals surface area contributed by atoms with Crippen LogP contribution in [-0.2, 0) is 0 Å². The fraction of sp³-hybridized carbons (Fsp3) is 0.429. The van der Waals surface area contributed by atoms with Crippen LogP contribution in [0.1, 0.15) is 22.6 Å². The molecule has 0 aliphatic rings. The van der Waals surface area contributed by atoms with E-state index in [1.165, 1.54) is 11.3 Å². The quantitative estimate of drug-likeness (QED) is 0.581. The number of thiazole rings is 1. The van der Waals surface area contributed by atoms with Crippen LogP contribution in [-0.4, -0.2) is 16.6 Å². The first-order valence-electron chi connectivity index (χ1n) is 3.44. The van der Waals surface area contributed by atoms with Gasteiger partial charge in [-0.15, -0.1) is 22.9 Å². The predicted octanol–water partition coefficient (Wildman–Crippen LogP) is 3.00. The Hall–Kier alpha value is -0.120. The van der Waals surface area contributed by atoms with Gasteiger partial charge in [-0.1, -0.05) is 11.6 Å². The van der Waals surface area contributed by atoms with Crippen molar-refractivity contribution in [3.05, 3.63) is 15.5 Å². The summed E-state index contributed by atoms with van der Waals surface area (Å²) in [4.78, 5) is 15.1. The summed E-state index contributed by atoms with van der Waals surface area (Å²) in [6.07, 6.45) is 1.14. The number of carbonyl (C=O) groups is 1. The van der Waals surface area contributed by atoms with Crippen LogP contribution in [0.3, 0.4) is 0 Å². The molecule has 12 heavy (non-hydrogen) atoms. The summed E-state index contributed by atoms with van der Waals surface area (Å²) in [6.45, 7) is 0. The number of rotatable bonds is 4. The van der Waals surface area contributed by atoms with E-state index in [1.807, 2.05) is 0 Å². The van der Waals surface area contributed by atoms with Gasteiger partial charge < -0.3 is 0 Å². The molecule has 0 N–H and O–H groups in total. The molecule has 0 spiro atoms. The van der Waals surface area contributed by atoms with E-state index in [9.17, 15) is 4.79 Å². The van der Waals surface area contributed by atoms with E-state index >= 15 is 0 Å². The molecule has 0 saturated carbocycles. The van der Waals surface area contributed by atoms with Crippen molar-refractivity contribution in [2.24, 2.45) is 0 Å². The Morgan fingerprint density at radius 3 is 2.92 bits per heavy atom. The van der Waals surface area contributed by atoms with Gasteiger partial charge in [-0.25, -0.2) is 4.98 Å². The second-order valence-electron chi connectivity index (χ2n) is 2.19. The van der Waals surface area contributed by atoms with Crippen LogP contribution in [0.2, 0.25) is 5.15 Å². The molecule has 0 aliphatic heterocycles. The van der Waals surface area contributed by atoms with Gasteiger partial charge in [-0.2, -0.15) is 0 Å². The topological polar surface area (TPSA) is 30.0 Å². The summed E-state index contributed by atoms with van der Waals surface area (Å²) in [5, 5.41) is 2.51. The molecule has 1 aromatic heterocycles. The average molecular weight is 224 g/mol. The zero-order valence-corrected chi connectivity index (χ0v) is 8.55. The monoisotopic (exact) mass is 223 g/mol. The highest BCUT2D eigenvalue weighted by molar-refractivity contribution is 7.12. The lowest BCUT2D eigenvalue weighted by atomic mass is 10.2. The molecule has 0 bridgehead atoms. The van der Waals surface area contributed by atoms with E-state index in [4.69, 9.17) is 23.2 Å². The highest BCUT2D eigenvalue weighted by Gasteiger charge is 2.09. The smallest absolute Gasteiger partial charge is 0.191 e. The van der Waals surface area contributed by atoms with Gasteiger partial charge in [0, 0.05) is 17.7 Å². The van der Waals surface area contributed by atoms with E-state index in [-0.39, 0.29) is 5.78 Å². The summed E-state index contributed by atoms with van der Waals surface area (Å²) in [7, 11) is 0.